The Morgan fingerprint density at radius 3 is 2.91 bits per heavy atom. The molecule has 1 amide bonds. The van der Waals surface area contributed by atoms with Crippen LogP contribution in [-0.4, -0.2) is 36.2 Å². The predicted octanol–water partition coefficient (Wildman–Crippen LogP) is 1.82. The van der Waals surface area contributed by atoms with Gasteiger partial charge in [-0.2, -0.15) is 5.21 Å². The number of aromatic amines is 1. The highest BCUT2D eigenvalue weighted by atomic mass is 35.5. The molecule has 0 radical (unpaired) electrons. The highest BCUT2D eigenvalue weighted by Crippen LogP contribution is 2.31. The van der Waals surface area contributed by atoms with E-state index in [1.54, 1.807) is 35.9 Å². The smallest absolute Gasteiger partial charge is 0.272 e. The zero-order valence-corrected chi connectivity index (χ0v) is 12.2. The minimum atomic E-state index is -0.394. The van der Waals surface area contributed by atoms with Gasteiger partial charge in [-0.05, 0) is 29.5 Å². The summed E-state index contributed by atoms with van der Waals surface area (Å²) in [4.78, 5) is 12.3. The molecule has 0 bridgehead atoms. The monoisotopic (exact) mass is 318 g/mol. The molecule has 0 fully saturated rings. The third kappa shape index (κ3) is 2.40. The first-order chi connectivity index (χ1) is 10.6. The van der Waals surface area contributed by atoms with Gasteiger partial charge < -0.3 is 15.0 Å². The van der Waals surface area contributed by atoms with Crippen LogP contribution >= 0.6 is 11.6 Å². The van der Waals surface area contributed by atoms with E-state index >= 15 is 0 Å². The van der Waals surface area contributed by atoms with E-state index in [0.717, 1.165) is 0 Å². The molecule has 3 N–H and O–H groups in total. The number of H-pyrrole nitrogens is 1. The van der Waals surface area contributed by atoms with Crippen LogP contribution < -0.4 is 5.32 Å². The highest BCUT2D eigenvalue weighted by Gasteiger charge is 2.17. The van der Waals surface area contributed by atoms with Gasteiger partial charge in [0.2, 0.25) is 5.82 Å². The normalized spacial score (nSPS) is 10.6. The number of para-hydroxylation sites is 1. The van der Waals surface area contributed by atoms with Crippen LogP contribution in [0.25, 0.3) is 11.5 Å². The number of rotatable bonds is 3. The number of anilines is 1. The molecule has 0 spiro atoms. The Bertz CT molecular complexity index is 827. The number of hydrogen-bond donors (Lipinski definition) is 3. The number of aromatic hydroxyl groups is 1. The first-order valence-corrected chi connectivity index (χ1v) is 6.64. The fraction of sp³-hybridized carbons (Fsp3) is 0.0769. The largest absolute Gasteiger partial charge is 0.504 e. The number of benzene rings is 1. The Balaban J connectivity index is 1.89. The topological polar surface area (TPSA) is 109 Å². The predicted molar refractivity (Wildman–Crippen MR) is 79.7 cm³/mol. The van der Waals surface area contributed by atoms with Gasteiger partial charge in [0.1, 0.15) is 5.69 Å². The van der Waals surface area contributed by atoms with E-state index in [-0.39, 0.29) is 16.5 Å². The SMILES string of the molecule is Cn1c(C(=O)Nc2cccc(Cl)c2O)ccc1-c1nn[nH]n1. The van der Waals surface area contributed by atoms with E-state index in [0.29, 0.717) is 17.2 Å². The number of aromatic nitrogens is 5. The van der Waals surface area contributed by atoms with Crippen LogP contribution in [0.15, 0.2) is 30.3 Å². The maximum atomic E-state index is 12.3. The summed E-state index contributed by atoms with van der Waals surface area (Å²) in [5, 5.41) is 26.2. The van der Waals surface area contributed by atoms with Crippen molar-refractivity contribution >= 4 is 23.2 Å². The molecule has 0 atom stereocenters. The fourth-order valence-corrected chi connectivity index (χ4v) is 2.21. The van der Waals surface area contributed by atoms with E-state index in [9.17, 15) is 9.90 Å². The van der Waals surface area contributed by atoms with Crippen molar-refractivity contribution in [1.82, 2.24) is 25.2 Å². The summed E-state index contributed by atoms with van der Waals surface area (Å²) < 4.78 is 1.63. The lowest BCUT2D eigenvalue weighted by Gasteiger charge is -2.09. The minimum Gasteiger partial charge on any atom is -0.504 e. The summed E-state index contributed by atoms with van der Waals surface area (Å²) in [5.41, 5.74) is 1.24. The number of amides is 1. The standard InChI is InChI=1S/C13H11ClN6O2/c1-20-9(12-16-18-19-17-12)5-6-10(20)13(22)15-8-4-2-3-7(14)11(8)21/h2-6,21H,1H3,(H,15,22)(H,16,17,18,19). The fourth-order valence-electron chi connectivity index (χ4n) is 2.04. The van der Waals surface area contributed by atoms with Gasteiger partial charge in [-0.1, -0.05) is 17.7 Å². The lowest BCUT2D eigenvalue weighted by atomic mass is 10.3. The van der Waals surface area contributed by atoms with Gasteiger partial charge in [-0.25, -0.2) is 0 Å². The Kier molecular flexibility index (Phi) is 3.51. The van der Waals surface area contributed by atoms with Gasteiger partial charge in [0.15, 0.2) is 5.75 Å². The average Bonchev–Trinajstić information content (AvgIpc) is 3.13. The highest BCUT2D eigenvalue weighted by molar-refractivity contribution is 6.32. The summed E-state index contributed by atoms with van der Waals surface area (Å²) in [6.07, 6.45) is 0. The van der Waals surface area contributed by atoms with Crippen molar-refractivity contribution in [2.75, 3.05) is 5.32 Å². The molecule has 0 aliphatic heterocycles. The number of phenols is 1. The molecule has 1 aromatic carbocycles. The van der Waals surface area contributed by atoms with Crippen molar-refractivity contribution in [3.8, 4) is 17.3 Å². The third-order valence-electron chi connectivity index (χ3n) is 3.16. The number of nitrogens with one attached hydrogen (secondary N) is 2. The van der Waals surface area contributed by atoms with Crippen molar-refractivity contribution in [3.63, 3.8) is 0 Å². The lowest BCUT2D eigenvalue weighted by molar-refractivity contribution is 0.101. The number of hydrogen-bond acceptors (Lipinski definition) is 5. The molecule has 22 heavy (non-hydrogen) atoms. The second-order valence-corrected chi connectivity index (χ2v) is 4.90. The van der Waals surface area contributed by atoms with Crippen LogP contribution in [0.1, 0.15) is 10.5 Å². The van der Waals surface area contributed by atoms with Gasteiger partial charge in [-0.3, -0.25) is 4.79 Å². The summed E-state index contributed by atoms with van der Waals surface area (Å²) in [7, 11) is 1.71. The van der Waals surface area contributed by atoms with Crippen LogP contribution in [0, 0.1) is 0 Å². The quantitative estimate of drug-likeness (QED) is 0.638. The molecule has 0 aliphatic carbocycles. The van der Waals surface area contributed by atoms with Crippen molar-refractivity contribution in [2.45, 2.75) is 0 Å². The van der Waals surface area contributed by atoms with Crippen molar-refractivity contribution in [1.29, 1.82) is 0 Å². The second kappa shape index (κ2) is 5.49. The minimum absolute atomic E-state index is 0.164. The summed E-state index contributed by atoms with van der Waals surface area (Å²) in [6.45, 7) is 0. The van der Waals surface area contributed by atoms with E-state index in [1.165, 1.54) is 6.07 Å². The van der Waals surface area contributed by atoms with Crippen molar-refractivity contribution < 1.29 is 9.90 Å². The maximum absolute atomic E-state index is 12.3. The molecule has 0 saturated heterocycles. The van der Waals surface area contributed by atoms with Crippen LogP contribution in [0.5, 0.6) is 5.75 Å². The number of tetrazole rings is 1. The zero-order chi connectivity index (χ0) is 15.7. The van der Waals surface area contributed by atoms with Gasteiger partial charge >= 0.3 is 0 Å². The third-order valence-corrected chi connectivity index (χ3v) is 3.47. The first kappa shape index (κ1) is 14.1. The molecule has 112 valence electrons. The van der Waals surface area contributed by atoms with Gasteiger partial charge in [0, 0.05) is 7.05 Å². The maximum Gasteiger partial charge on any atom is 0.272 e. The molecule has 0 saturated carbocycles. The molecular weight excluding hydrogens is 308 g/mol. The van der Waals surface area contributed by atoms with Crippen LogP contribution in [0.2, 0.25) is 5.02 Å². The summed E-state index contributed by atoms with van der Waals surface area (Å²) >= 11 is 5.81. The molecule has 0 aliphatic rings. The van der Waals surface area contributed by atoms with Gasteiger partial charge in [0.25, 0.3) is 5.91 Å². The van der Waals surface area contributed by atoms with E-state index in [2.05, 4.69) is 25.9 Å². The van der Waals surface area contributed by atoms with Crippen LogP contribution in [0.3, 0.4) is 0 Å². The van der Waals surface area contributed by atoms with Crippen molar-refractivity contribution in [3.05, 3.63) is 41.0 Å². The van der Waals surface area contributed by atoms with Crippen LogP contribution in [0.4, 0.5) is 5.69 Å². The first-order valence-electron chi connectivity index (χ1n) is 6.26. The summed E-state index contributed by atoms with van der Waals surface area (Å²) in [5.74, 6) is -0.188. The number of carbonyl (C=O) groups is 1. The Hall–Kier alpha value is -2.87. The Labute approximate surface area is 129 Å². The van der Waals surface area contributed by atoms with Gasteiger partial charge in [0.05, 0.1) is 16.4 Å². The van der Waals surface area contributed by atoms with Crippen molar-refractivity contribution in [2.24, 2.45) is 7.05 Å². The van der Waals surface area contributed by atoms with E-state index < -0.39 is 5.91 Å². The zero-order valence-electron chi connectivity index (χ0n) is 11.4. The molecule has 0 unspecified atom stereocenters. The molecule has 3 aromatic rings. The van der Waals surface area contributed by atoms with Gasteiger partial charge in [-0.15, -0.1) is 10.2 Å². The van der Waals surface area contributed by atoms with E-state index in [4.69, 9.17) is 11.6 Å². The molecule has 2 heterocycles. The average molecular weight is 319 g/mol. The molecule has 8 nitrogen and oxygen atoms in total. The second-order valence-electron chi connectivity index (χ2n) is 4.49. The Morgan fingerprint density at radius 2 is 2.18 bits per heavy atom. The number of carbonyl (C=O) groups excluding carboxylic acids is 1. The number of halogens is 1. The Morgan fingerprint density at radius 1 is 1.36 bits per heavy atom. The summed E-state index contributed by atoms with van der Waals surface area (Å²) in [6, 6.07) is 8.05. The van der Waals surface area contributed by atoms with E-state index in [1.807, 2.05) is 0 Å². The molecular formula is C13H11ClN6O2. The molecule has 9 heteroatoms. The van der Waals surface area contributed by atoms with Crippen LogP contribution in [-0.2, 0) is 7.05 Å². The molecule has 2 aromatic heterocycles. The molecule has 3 rings (SSSR count). The number of nitrogens with zero attached hydrogens (tertiary/aromatic N) is 4. The number of phenolic OH excluding ortho intramolecular Hbond substituents is 1. The lowest BCUT2D eigenvalue weighted by Crippen LogP contribution is -2.16.